The highest BCUT2D eigenvalue weighted by Crippen LogP contribution is 2.26. The molecule has 0 aliphatic carbocycles. The van der Waals surface area contributed by atoms with Crippen LogP contribution in [0, 0.1) is 6.92 Å². The summed E-state index contributed by atoms with van der Waals surface area (Å²) in [5.74, 6) is -0.470. The topological polar surface area (TPSA) is 76.9 Å². The molecule has 2 rings (SSSR count). The largest absolute Gasteiger partial charge is 0.435 e. The summed E-state index contributed by atoms with van der Waals surface area (Å²) >= 11 is 0. The number of carbonyl (C=O) groups is 1. The second-order valence-electron chi connectivity index (χ2n) is 4.89. The van der Waals surface area contributed by atoms with Crippen LogP contribution < -0.4 is 10.9 Å². The fourth-order valence-electron chi connectivity index (χ4n) is 1.74. The molecule has 1 unspecified atom stereocenters. The van der Waals surface area contributed by atoms with E-state index in [-0.39, 0.29) is 5.82 Å². The van der Waals surface area contributed by atoms with Crippen molar-refractivity contribution >= 4 is 11.7 Å². The molecule has 0 saturated carbocycles. The van der Waals surface area contributed by atoms with Gasteiger partial charge in [0, 0.05) is 12.3 Å². The molecule has 0 saturated heterocycles. The van der Waals surface area contributed by atoms with E-state index in [1.165, 1.54) is 13.1 Å². The van der Waals surface area contributed by atoms with E-state index in [0.717, 1.165) is 11.6 Å². The van der Waals surface area contributed by atoms with Gasteiger partial charge < -0.3 is 5.32 Å². The molecule has 0 radical (unpaired) electrons. The summed E-state index contributed by atoms with van der Waals surface area (Å²) in [6.07, 6.45) is -3.18. The zero-order chi connectivity index (χ0) is 17.2. The average molecular weight is 326 g/mol. The highest BCUT2D eigenvalue weighted by atomic mass is 19.4. The molecule has 1 atom stereocenters. The second-order valence-corrected chi connectivity index (χ2v) is 4.89. The predicted molar refractivity (Wildman–Crippen MR) is 75.8 cm³/mol. The van der Waals surface area contributed by atoms with E-state index in [1.54, 1.807) is 12.1 Å². The molecule has 9 heteroatoms. The minimum Gasteiger partial charge on any atom is -0.309 e. The Morgan fingerprint density at radius 2 is 1.96 bits per heavy atom. The Bertz CT molecular complexity index is 769. The van der Waals surface area contributed by atoms with E-state index in [1.807, 2.05) is 6.92 Å². The number of carbonyl (C=O) groups excluding carboxylic acids is 1. The summed E-state index contributed by atoms with van der Waals surface area (Å²) in [6, 6.07) is 3.33. The van der Waals surface area contributed by atoms with Gasteiger partial charge in [-0.2, -0.15) is 18.3 Å². The molecule has 0 bridgehead atoms. The maximum atomic E-state index is 12.7. The molecule has 0 fully saturated rings. The third-order valence-corrected chi connectivity index (χ3v) is 3.02. The molecule has 122 valence electrons. The standard InChI is InChI=1S/C14H13F3N4O2/c1-8-3-5-11(18-7-8)19-13(23)9(2)21-12(22)6-4-10(20-21)14(15,16)17/h3-7,9H,1-2H3,(H,18,19,23). The first-order valence-corrected chi connectivity index (χ1v) is 6.59. The molecule has 0 aromatic carbocycles. The highest BCUT2D eigenvalue weighted by molar-refractivity contribution is 5.92. The first-order chi connectivity index (χ1) is 10.7. The maximum absolute atomic E-state index is 12.7. The van der Waals surface area contributed by atoms with Gasteiger partial charge in [0.25, 0.3) is 5.56 Å². The number of pyridine rings is 1. The third kappa shape index (κ3) is 3.93. The molecule has 2 heterocycles. The molecular formula is C14H13F3N4O2. The Kier molecular flexibility index (Phi) is 4.48. The number of alkyl halides is 3. The average Bonchev–Trinajstić information content (AvgIpc) is 2.48. The van der Waals surface area contributed by atoms with Crippen molar-refractivity contribution in [1.29, 1.82) is 0 Å². The van der Waals surface area contributed by atoms with E-state index in [9.17, 15) is 22.8 Å². The van der Waals surface area contributed by atoms with E-state index >= 15 is 0 Å². The monoisotopic (exact) mass is 326 g/mol. The lowest BCUT2D eigenvalue weighted by atomic mass is 10.3. The van der Waals surface area contributed by atoms with Crippen LogP contribution >= 0.6 is 0 Å². The van der Waals surface area contributed by atoms with Crippen LogP contribution in [0.25, 0.3) is 0 Å². The first kappa shape index (κ1) is 16.7. The molecule has 23 heavy (non-hydrogen) atoms. The van der Waals surface area contributed by atoms with Crippen LogP contribution in [-0.2, 0) is 11.0 Å². The summed E-state index contributed by atoms with van der Waals surface area (Å²) < 4.78 is 38.5. The van der Waals surface area contributed by atoms with Crippen LogP contribution in [0.2, 0.25) is 0 Å². The summed E-state index contributed by atoms with van der Waals surface area (Å²) in [7, 11) is 0. The lowest BCUT2D eigenvalue weighted by molar-refractivity contribution is -0.142. The van der Waals surface area contributed by atoms with Crippen LogP contribution in [0.4, 0.5) is 19.0 Å². The Morgan fingerprint density at radius 3 is 2.52 bits per heavy atom. The molecule has 2 aromatic rings. The number of nitrogens with zero attached hydrogens (tertiary/aromatic N) is 3. The minimum atomic E-state index is -4.70. The maximum Gasteiger partial charge on any atom is 0.435 e. The number of anilines is 1. The number of halogens is 3. The normalized spacial score (nSPS) is 12.7. The van der Waals surface area contributed by atoms with Crippen molar-refractivity contribution in [3.63, 3.8) is 0 Å². The van der Waals surface area contributed by atoms with Gasteiger partial charge in [0.1, 0.15) is 11.9 Å². The van der Waals surface area contributed by atoms with Crippen LogP contribution in [0.5, 0.6) is 0 Å². The summed E-state index contributed by atoms with van der Waals surface area (Å²) in [6.45, 7) is 3.09. The fraction of sp³-hybridized carbons (Fsp3) is 0.286. The predicted octanol–water partition coefficient (Wildman–Crippen LogP) is 2.17. The van der Waals surface area contributed by atoms with Gasteiger partial charge in [0.05, 0.1) is 0 Å². The van der Waals surface area contributed by atoms with Crippen LogP contribution in [0.15, 0.2) is 35.3 Å². The lowest BCUT2D eigenvalue weighted by Gasteiger charge is -2.15. The number of hydrogen-bond acceptors (Lipinski definition) is 4. The number of aromatic nitrogens is 3. The van der Waals surface area contributed by atoms with Crippen LogP contribution in [-0.4, -0.2) is 20.7 Å². The van der Waals surface area contributed by atoms with Gasteiger partial charge in [-0.1, -0.05) is 6.07 Å². The molecule has 6 nitrogen and oxygen atoms in total. The number of hydrogen-bond donors (Lipinski definition) is 1. The lowest BCUT2D eigenvalue weighted by Crippen LogP contribution is -2.34. The second kappa shape index (κ2) is 6.19. The van der Waals surface area contributed by atoms with Crippen molar-refractivity contribution in [2.45, 2.75) is 26.1 Å². The van der Waals surface area contributed by atoms with E-state index < -0.39 is 29.4 Å². The van der Waals surface area contributed by atoms with Gasteiger partial charge in [-0.3, -0.25) is 9.59 Å². The smallest absolute Gasteiger partial charge is 0.309 e. The van der Waals surface area contributed by atoms with Gasteiger partial charge in [-0.05, 0) is 31.5 Å². The molecule has 0 aliphatic rings. The Hall–Kier alpha value is -2.71. The first-order valence-electron chi connectivity index (χ1n) is 6.59. The minimum absolute atomic E-state index is 0.229. The highest BCUT2D eigenvalue weighted by Gasteiger charge is 2.34. The van der Waals surface area contributed by atoms with Crippen molar-refractivity contribution in [2.24, 2.45) is 0 Å². The molecule has 1 N–H and O–H groups in total. The Labute approximate surface area is 129 Å². The van der Waals surface area contributed by atoms with Crippen molar-refractivity contribution < 1.29 is 18.0 Å². The van der Waals surface area contributed by atoms with Crippen molar-refractivity contribution in [3.8, 4) is 0 Å². The Morgan fingerprint density at radius 1 is 1.26 bits per heavy atom. The fourth-order valence-corrected chi connectivity index (χ4v) is 1.74. The quantitative estimate of drug-likeness (QED) is 0.938. The van der Waals surface area contributed by atoms with Crippen LogP contribution in [0.1, 0.15) is 24.2 Å². The van der Waals surface area contributed by atoms with E-state index in [2.05, 4.69) is 15.4 Å². The molecular weight excluding hydrogens is 313 g/mol. The van der Waals surface area contributed by atoms with Crippen LogP contribution in [0.3, 0.4) is 0 Å². The molecule has 1 amide bonds. The third-order valence-electron chi connectivity index (χ3n) is 3.02. The SMILES string of the molecule is Cc1ccc(NC(=O)C(C)n2nc(C(F)(F)F)ccc2=O)nc1. The number of rotatable bonds is 3. The molecule has 2 aromatic heterocycles. The van der Waals surface area contributed by atoms with Crippen molar-refractivity contribution in [2.75, 3.05) is 5.32 Å². The number of amides is 1. The van der Waals surface area contributed by atoms with Crippen molar-refractivity contribution in [1.82, 2.24) is 14.8 Å². The van der Waals surface area contributed by atoms with Gasteiger partial charge in [-0.15, -0.1) is 0 Å². The van der Waals surface area contributed by atoms with Gasteiger partial charge in [-0.25, -0.2) is 9.67 Å². The van der Waals surface area contributed by atoms with Gasteiger partial charge in [0.2, 0.25) is 5.91 Å². The Balaban J connectivity index is 2.25. The zero-order valence-electron chi connectivity index (χ0n) is 12.3. The molecule has 0 aliphatic heterocycles. The molecule has 0 spiro atoms. The summed E-state index contributed by atoms with van der Waals surface area (Å²) in [5, 5.41) is 5.64. The van der Waals surface area contributed by atoms with Crippen molar-refractivity contribution in [3.05, 3.63) is 52.1 Å². The zero-order valence-corrected chi connectivity index (χ0v) is 12.3. The van der Waals surface area contributed by atoms with Gasteiger partial charge in [0.15, 0.2) is 5.69 Å². The van der Waals surface area contributed by atoms with E-state index in [0.29, 0.717) is 10.7 Å². The van der Waals surface area contributed by atoms with Gasteiger partial charge >= 0.3 is 6.18 Å². The summed E-state index contributed by atoms with van der Waals surface area (Å²) in [5.41, 5.74) is -1.17. The van der Waals surface area contributed by atoms with E-state index in [4.69, 9.17) is 0 Å². The number of nitrogens with one attached hydrogen (secondary N) is 1. The number of aryl methyl sites for hydroxylation is 1. The summed E-state index contributed by atoms with van der Waals surface area (Å²) in [4.78, 5) is 27.7.